The minimum atomic E-state index is -0.722. The topological polar surface area (TPSA) is 119 Å². The van der Waals surface area contributed by atoms with Gasteiger partial charge in [-0.05, 0) is 46.8 Å². The number of rotatable bonds is 5. The second-order valence-electron chi connectivity index (χ2n) is 7.51. The van der Waals surface area contributed by atoms with Crippen molar-refractivity contribution in [2.45, 2.75) is 45.8 Å². The Labute approximate surface area is 151 Å². The van der Waals surface area contributed by atoms with Crippen molar-refractivity contribution >= 4 is 28.5 Å². The van der Waals surface area contributed by atoms with Crippen molar-refractivity contribution in [3.63, 3.8) is 0 Å². The SMILES string of the molecule is CC(C)(CNc1c([N+](=O)[O-])cnc2cccnc12)NC(=O)OC(C)(C)C. The van der Waals surface area contributed by atoms with E-state index in [9.17, 15) is 14.9 Å². The van der Waals surface area contributed by atoms with Gasteiger partial charge in [-0.25, -0.2) is 9.78 Å². The number of fused-ring (bicyclic) bond motifs is 1. The molecule has 0 aliphatic carbocycles. The molecule has 0 bridgehead atoms. The second kappa shape index (κ2) is 7.11. The number of hydrogen-bond donors (Lipinski definition) is 2. The summed E-state index contributed by atoms with van der Waals surface area (Å²) in [6, 6.07) is 3.43. The number of carbonyl (C=O) groups is 1. The number of hydrogen-bond acceptors (Lipinski definition) is 7. The predicted molar refractivity (Wildman–Crippen MR) is 98.1 cm³/mol. The van der Waals surface area contributed by atoms with Gasteiger partial charge in [0.2, 0.25) is 0 Å². The van der Waals surface area contributed by atoms with E-state index in [4.69, 9.17) is 4.74 Å². The highest BCUT2D eigenvalue weighted by Gasteiger charge is 2.26. The van der Waals surface area contributed by atoms with Crippen molar-refractivity contribution in [1.82, 2.24) is 15.3 Å². The summed E-state index contributed by atoms with van der Waals surface area (Å²) in [5, 5.41) is 17.1. The Bertz CT molecular complexity index is 830. The highest BCUT2D eigenvalue weighted by atomic mass is 16.6. The molecule has 0 aromatic carbocycles. The van der Waals surface area contributed by atoms with Crippen molar-refractivity contribution in [1.29, 1.82) is 0 Å². The van der Waals surface area contributed by atoms with Crippen LogP contribution in [0.4, 0.5) is 16.2 Å². The highest BCUT2D eigenvalue weighted by Crippen LogP contribution is 2.30. The Hall–Kier alpha value is -2.97. The molecular formula is C17H23N5O4. The summed E-state index contributed by atoms with van der Waals surface area (Å²) in [4.78, 5) is 31.1. The van der Waals surface area contributed by atoms with E-state index in [1.54, 1.807) is 52.9 Å². The molecule has 1 amide bonds. The van der Waals surface area contributed by atoms with E-state index in [1.165, 1.54) is 6.20 Å². The fourth-order valence-corrected chi connectivity index (χ4v) is 2.26. The molecule has 0 fully saturated rings. The first kappa shape index (κ1) is 19.4. The van der Waals surface area contributed by atoms with Gasteiger partial charge < -0.3 is 15.4 Å². The molecule has 2 N–H and O–H groups in total. The third kappa shape index (κ3) is 5.01. The summed E-state index contributed by atoms with van der Waals surface area (Å²) in [5.74, 6) is 0. The molecule has 140 valence electrons. The molecule has 0 spiro atoms. The molecule has 0 radical (unpaired) electrons. The quantitative estimate of drug-likeness (QED) is 0.619. The third-order valence-corrected chi connectivity index (χ3v) is 3.35. The number of ether oxygens (including phenoxy) is 1. The van der Waals surface area contributed by atoms with Gasteiger partial charge in [-0.2, -0.15) is 0 Å². The lowest BCUT2D eigenvalue weighted by Gasteiger charge is -2.29. The molecule has 0 saturated carbocycles. The number of anilines is 1. The Morgan fingerprint density at radius 2 is 1.96 bits per heavy atom. The van der Waals surface area contributed by atoms with Gasteiger partial charge >= 0.3 is 11.8 Å². The van der Waals surface area contributed by atoms with Gasteiger partial charge in [0.1, 0.15) is 23.0 Å². The Kier molecular flexibility index (Phi) is 5.29. The number of aromatic nitrogens is 2. The fraction of sp³-hybridized carbons (Fsp3) is 0.471. The zero-order valence-electron chi connectivity index (χ0n) is 15.5. The van der Waals surface area contributed by atoms with Crippen LogP contribution in [0, 0.1) is 10.1 Å². The van der Waals surface area contributed by atoms with Crippen molar-refractivity contribution < 1.29 is 14.5 Å². The van der Waals surface area contributed by atoms with Crippen LogP contribution in [0.1, 0.15) is 34.6 Å². The van der Waals surface area contributed by atoms with Crippen molar-refractivity contribution in [2.24, 2.45) is 0 Å². The van der Waals surface area contributed by atoms with Crippen LogP contribution in [-0.4, -0.2) is 38.7 Å². The number of nitrogens with zero attached hydrogens (tertiary/aromatic N) is 3. The summed E-state index contributed by atoms with van der Waals surface area (Å²) in [6.45, 7) is 9.11. The molecule has 2 rings (SSSR count). The largest absolute Gasteiger partial charge is 0.444 e. The van der Waals surface area contributed by atoms with E-state index in [0.717, 1.165) is 0 Å². The van der Waals surface area contributed by atoms with Crippen molar-refractivity contribution in [2.75, 3.05) is 11.9 Å². The van der Waals surface area contributed by atoms with E-state index in [0.29, 0.717) is 11.0 Å². The van der Waals surface area contributed by atoms with Gasteiger partial charge in [0.15, 0.2) is 0 Å². The smallest absolute Gasteiger partial charge is 0.408 e. The van der Waals surface area contributed by atoms with Crippen LogP contribution < -0.4 is 10.6 Å². The summed E-state index contributed by atoms with van der Waals surface area (Å²) >= 11 is 0. The van der Waals surface area contributed by atoms with Gasteiger partial charge in [0.25, 0.3) is 0 Å². The van der Waals surface area contributed by atoms with Crippen LogP contribution in [0.15, 0.2) is 24.5 Å². The average molecular weight is 361 g/mol. The Morgan fingerprint density at radius 1 is 1.27 bits per heavy atom. The molecule has 2 heterocycles. The van der Waals surface area contributed by atoms with Crippen LogP contribution in [0.5, 0.6) is 0 Å². The number of pyridine rings is 2. The van der Waals surface area contributed by atoms with Gasteiger partial charge in [0, 0.05) is 12.7 Å². The standard InChI is InChI=1S/C17H23N5O4/c1-16(2,3)26-15(23)21-17(4,5)10-20-14-12(22(24)25)9-19-11-7-6-8-18-13(11)14/h6-9H,10H2,1-5H3,(H,19,20)(H,21,23). The van der Waals surface area contributed by atoms with E-state index in [2.05, 4.69) is 20.6 Å². The fourth-order valence-electron chi connectivity index (χ4n) is 2.26. The Balaban J connectivity index is 2.21. The second-order valence-corrected chi connectivity index (χ2v) is 7.51. The molecule has 2 aromatic heterocycles. The number of carbonyl (C=O) groups excluding carboxylic acids is 1. The van der Waals surface area contributed by atoms with Gasteiger partial charge in [0.05, 0.1) is 16.0 Å². The molecule has 9 nitrogen and oxygen atoms in total. The summed E-state index contributed by atoms with van der Waals surface area (Å²) in [6.07, 6.45) is 2.18. The first-order valence-electron chi connectivity index (χ1n) is 8.12. The summed E-state index contributed by atoms with van der Waals surface area (Å²) in [5.41, 5.74) is -0.310. The first-order chi connectivity index (χ1) is 12.0. The van der Waals surface area contributed by atoms with E-state index in [1.807, 2.05) is 0 Å². The molecule has 0 aliphatic rings. The zero-order valence-corrected chi connectivity index (χ0v) is 15.5. The lowest BCUT2D eigenvalue weighted by molar-refractivity contribution is -0.384. The van der Waals surface area contributed by atoms with Gasteiger partial charge in [-0.15, -0.1) is 0 Å². The summed E-state index contributed by atoms with van der Waals surface area (Å²) in [7, 11) is 0. The van der Waals surface area contributed by atoms with Crippen LogP contribution in [0.25, 0.3) is 11.0 Å². The van der Waals surface area contributed by atoms with Crippen molar-refractivity contribution in [3.05, 3.63) is 34.6 Å². The maximum Gasteiger partial charge on any atom is 0.408 e. The first-order valence-corrected chi connectivity index (χ1v) is 8.12. The highest BCUT2D eigenvalue weighted by molar-refractivity contribution is 5.92. The summed E-state index contributed by atoms with van der Waals surface area (Å²) < 4.78 is 5.25. The van der Waals surface area contributed by atoms with Gasteiger partial charge in [-0.3, -0.25) is 15.1 Å². The normalized spacial score (nSPS) is 11.9. The number of alkyl carbamates (subject to hydrolysis) is 1. The number of nitro groups is 1. The van der Waals surface area contributed by atoms with Gasteiger partial charge in [-0.1, -0.05) is 0 Å². The molecule has 0 aliphatic heterocycles. The van der Waals surface area contributed by atoms with E-state index < -0.39 is 22.2 Å². The average Bonchev–Trinajstić information content (AvgIpc) is 2.49. The predicted octanol–water partition coefficient (Wildman–Crippen LogP) is 3.25. The molecule has 0 saturated heterocycles. The van der Waals surface area contributed by atoms with Crippen LogP contribution in [0.2, 0.25) is 0 Å². The maximum absolute atomic E-state index is 12.0. The molecule has 0 atom stereocenters. The molecule has 0 unspecified atom stereocenters. The number of nitrogens with one attached hydrogen (secondary N) is 2. The maximum atomic E-state index is 12.0. The minimum Gasteiger partial charge on any atom is -0.444 e. The molecule has 2 aromatic rings. The van der Waals surface area contributed by atoms with E-state index >= 15 is 0 Å². The lowest BCUT2D eigenvalue weighted by atomic mass is 10.1. The minimum absolute atomic E-state index is 0.177. The van der Waals surface area contributed by atoms with E-state index in [-0.39, 0.29) is 17.9 Å². The zero-order chi connectivity index (χ0) is 19.5. The monoisotopic (exact) mass is 361 g/mol. The van der Waals surface area contributed by atoms with Crippen LogP contribution in [-0.2, 0) is 4.74 Å². The van der Waals surface area contributed by atoms with Crippen LogP contribution in [0.3, 0.4) is 0 Å². The molecule has 26 heavy (non-hydrogen) atoms. The lowest BCUT2D eigenvalue weighted by Crippen LogP contribution is -2.50. The third-order valence-electron chi connectivity index (χ3n) is 3.35. The molecular weight excluding hydrogens is 338 g/mol. The van der Waals surface area contributed by atoms with Crippen molar-refractivity contribution in [3.8, 4) is 0 Å². The van der Waals surface area contributed by atoms with Crippen LogP contribution >= 0.6 is 0 Å². The molecule has 9 heteroatoms. The number of amides is 1. The Morgan fingerprint density at radius 3 is 2.58 bits per heavy atom.